The third-order valence-corrected chi connectivity index (χ3v) is 4.52. The summed E-state index contributed by atoms with van der Waals surface area (Å²) in [4.78, 5) is 11.6. The third-order valence-electron chi connectivity index (χ3n) is 1.77. The predicted molar refractivity (Wildman–Crippen MR) is 52.0 cm³/mol. The van der Waals surface area contributed by atoms with Crippen LogP contribution in [0.2, 0.25) is 0 Å². The molecule has 0 spiro atoms. The monoisotopic (exact) mass is 230 g/mol. The SMILES string of the molecule is NC(=O)N1C=Cc2sccc2S1(=O)=O. The summed E-state index contributed by atoms with van der Waals surface area (Å²) in [6.07, 6.45) is 2.71. The number of thiophene rings is 1. The van der Waals surface area contributed by atoms with Gasteiger partial charge in [0.25, 0.3) is 10.0 Å². The maximum atomic E-state index is 11.7. The first-order chi connectivity index (χ1) is 6.53. The molecule has 0 atom stereocenters. The molecule has 0 fully saturated rings. The molecule has 1 aliphatic heterocycles. The summed E-state index contributed by atoms with van der Waals surface area (Å²) >= 11 is 1.30. The number of hydrogen-bond donors (Lipinski definition) is 1. The van der Waals surface area contributed by atoms with Crippen LogP contribution in [-0.2, 0) is 10.0 Å². The van der Waals surface area contributed by atoms with Crippen molar-refractivity contribution in [3.8, 4) is 0 Å². The van der Waals surface area contributed by atoms with Gasteiger partial charge >= 0.3 is 6.03 Å². The molecule has 5 nitrogen and oxygen atoms in total. The fraction of sp³-hybridized carbons (Fsp3) is 0. The van der Waals surface area contributed by atoms with Crippen LogP contribution >= 0.6 is 11.3 Å². The summed E-state index contributed by atoms with van der Waals surface area (Å²) in [6, 6.07) is 0.451. The fourth-order valence-electron chi connectivity index (χ4n) is 1.16. The van der Waals surface area contributed by atoms with Crippen molar-refractivity contribution in [1.82, 2.24) is 4.31 Å². The standard InChI is InChI=1S/C7H6N2O3S2/c8-7(10)9-3-1-5-6(2-4-13-5)14(9,11)12/h1-4H,(H2,8,10). The minimum absolute atomic E-state index is 0.129. The fourth-order valence-corrected chi connectivity index (χ4v) is 3.61. The summed E-state index contributed by atoms with van der Waals surface area (Å²) in [5.41, 5.74) is 4.93. The van der Waals surface area contributed by atoms with E-state index >= 15 is 0 Å². The van der Waals surface area contributed by atoms with Crippen LogP contribution in [0.15, 0.2) is 22.5 Å². The van der Waals surface area contributed by atoms with E-state index in [0.717, 1.165) is 6.20 Å². The van der Waals surface area contributed by atoms with Crippen LogP contribution in [0.4, 0.5) is 4.79 Å². The highest BCUT2D eigenvalue weighted by Crippen LogP contribution is 2.30. The Labute approximate surface area is 84.5 Å². The van der Waals surface area contributed by atoms with E-state index in [4.69, 9.17) is 5.73 Å². The highest BCUT2D eigenvalue weighted by atomic mass is 32.2. The first kappa shape index (κ1) is 9.22. The quantitative estimate of drug-likeness (QED) is 0.715. The molecule has 1 aliphatic rings. The van der Waals surface area contributed by atoms with Gasteiger partial charge < -0.3 is 5.73 Å². The molecule has 0 aromatic carbocycles. The van der Waals surface area contributed by atoms with Crippen molar-refractivity contribution >= 4 is 33.5 Å². The Morgan fingerprint density at radius 3 is 2.86 bits per heavy atom. The Balaban J connectivity index is 2.65. The van der Waals surface area contributed by atoms with Crippen molar-refractivity contribution in [1.29, 1.82) is 0 Å². The molecule has 2 rings (SSSR count). The number of nitrogens with two attached hydrogens (primary N) is 1. The van der Waals surface area contributed by atoms with Crippen molar-refractivity contribution in [2.45, 2.75) is 4.90 Å². The highest BCUT2D eigenvalue weighted by Gasteiger charge is 2.31. The molecule has 2 N–H and O–H groups in total. The van der Waals surface area contributed by atoms with Gasteiger partial charge in [-0.1, -0.05) is 0 Å². The molecule has 2 heterocycles. The second-order valence-corrected chi connectivity index (χ2v) is 5.33. The van der Waals surface area contributed by atoms with E-state index in [1.807, 2.05) is 0 Å². The lowest BCUT2D eigenvalue weighted by Gasteiger charge is -2.18. The first-order valence-corrected chi connectivity index (χ1v) is 5.95. The van der Waals surface area contributed by atoms with Gasteiger partial charge in [-0.2, -0.15) is 4.31 Å². The van der Waals surface area contributed by atoms with Gasteiger partial charge in [-0.25, -0.2) is 13.2 Å². The second kappa shape index (κ2) is 2.82. The molecule has 1 aromatic rings. The molecule has 0 saturated carbocycles. The van der Waals surface area contributed by atoms with Gasteiger partial charge in [-0.05, 0) is 17.5 Å². The number of amides is 2. The minimum atomic E-state index is -3.76. The maximum Gasteiger partial charge on any atom is 0.332 e. The summed E-state index contributed by atoms with van der Waals surface area (Å²) < 4.78 is 23.9. The Morgan fingerprint density at radius 1 is 1.50 bits per heavy atom. The molecule has 0 bridgehead atoms. The lowest BCUT2D eigenvalue weighted by molar-refractivity contribution is 0.240. The maximum absolute atomic E-state index is 11.7. The van der Waals surface area contributed by atoms with Crippen LogP contribution in [0.3, 0.4) is 0 Å². The highest BCUT2D eigenvalue weighted by molar-refractivity contribution is 7.90. The summed E-state index contributed by atoms with van der Waals surface area (Å²) in [7, 11) is -3.76. The number of urea groups is 1. The van der Waals surface area contributed by atoms with Gasteiger partial charge in [0.05, 0.1) is 0 Å². The minimum Gasteiger partial charge on any atom is -0.350 e. The Hall–Kier alpha value is -1.34. The lowest BCUT2D eigenvalue weighted by atomic mass is 10.4. The molecule has 0 saturated heterocycles. The van der Waals surface area contributed by atoms with Crippen LogP contribution < -0.4 is 5.73 Å². The number of sulfonamides is 1. The molecule has 0 radical (unpaired) electrons. The number of rotatable bonds is 0. The predicted octanol–water partition coefficient (Wildman–Crippen LogP) is 0.802. The zero-order valence-corrected chi connectivity index (χ0v) is 8.51. The molecular weight excluding hydrogens is 224 g/mol. The van der Waals surface area contributed by atoms with E-state index < -0.39 is 16.1 Å². The van der Waals surface area contributed by atoms with Crippen LogP contribution in [0, 0.1) is 0 Å². The van der Waals surface area contributed by atoms with Gasteiger partial charge in [0, 0.05) is 11.1 Å². The van der Waals surface area contributed by atoms with Gasteiger partial charge in [0.1, 0.15) is 4.90 Å². The summed E-state index contributed by atoms with van der Waals surface area (Å²) in [5, 5.41) is 1.65. The van der Waals surface area contributed by atoms with E-state index in [9.17, 15) is 13.2 Å². The van der Waals surface area contributed by atoms with Crippen LogP contribution in [0.1, 0.15) is 4.88 Å². The molecule has 74 valence electrons. The molecule has 0 unspecified atom stereocenters. The number of fused-ring (bicyclic) bond motifs is 1. The molecule has 0 aliphatic carbocycles. The molecule has 14 heavy (non-hydrogen) atoms. The van der Waals surface area contributed by atoms with Gasteiger partial charge in [0.15, 0.2) is 0 Å². The number of hydrogen-bond acceptors (Lipinski definition) is 4. The zero-order chi connectivity index (χ0) is 10.3. The van der Waals surface area contributed by atoms with Crippen molar-refractivity contribution < 1.29 is 13.2 Å². The topological polar surface area (TPSA) is 80.5 Å². The average Bonchev–Trinajstić information content (AvgIpc) is 2.51. The van der Waals surface area contributed by atoms with Crippen molar-refractivity contribution in [2.75, 3.05) is 0 Å². The van der Waals surface area contributed by atoms with E-state index in [0.29, 0.717) is 9.18 Å². The molecule has 1 aromatic heterocycles. The van der Waals surface area contributed by atoms with Gasteiger partial charge in [-0.15, -0.1) is 11.3 Å². The lowest BCUT2D eigenvalue weighted by Crippen LogP contribution is -2.37. The molecule has 7 heteroatoms. The zero-order valence-electron chi connectivity index (χ0n) is 6.88. The average molecular weight is 230 g/mol. The Kier molecular flexibility index (Phi) is 1.86. The van der Waals surface area contributed by atoms with Crippen LogP contribution in [0.25, 0.3) is 6.08 Å². The third kappa shape index (κ3) is 1.13. The van der Waals surface area contributed by atoms with E-state index in [2.05, 4.69) is 0 Å². The molecule has 2 amide bonds. The summed E-state index contributed by atoms with van der Waals surface area (Å²) in [6.45, 7) is 0. The Morgan fingerprint density at radius 2 is 2.21 bits per heavy atom. The number of carbonyl (C=O) groups is 1. The first-order valence-electron chi connectivity index (χ1n) is 3.63. The summed E-state index contributed by atoms with van der Waals surface area (Å²) in [5.74, 6) is 0. The number of carbonyl (C=O) groups excluding carboxylic acids is 1. The number of primary amides is 1. The van der Waals surface area contributed by atoms with Crippen LogP contribution in [-0.4, -0.2) is 18.8 Å². The van der Waals surface area contributed by atoms with Gasteiger partial charge in [0.2, 0.25) is 0 Å². The van der Waals surface area contributed by atoms with Gasteiger partial charge in [-0.3, -0.25) is 0 Å². The molecular formula is C7H6N2O3S2. The number of nitrogens with zero attached hydrogens (tertiary/aromatic N) is 1. The van der Waals surface area contributed by atoms with E-state index in [-0.39, 0.29) is 4.90 Å². The van der Waals surface area contributed by atoms with E-state index in [1.165, 1.54) is 17.4 Å². The van der Waals surface area contributed by atoms with Crippen molar-refractivity contribution in [3.05, 3.63) is 22.5 Å². The largest absolute Gasteiger partial charge is 0.350 e. The van der Waals surface area contributed by atoms with Crippen molar-refractivity contribution in [3.63, 3.8) is 0 Å². The Bertz CT molecular complexity index is 515. The smallest absolute Gasteiger partial charge is 0.332 e. The van der Waals surface area contributed by atoms with Crippen LogP contribution in [0.5, 0.6) is 0 Å². The normalized spacial score (nSPS) is 17.9. The van der Waals surface area contributed by atoms with E-state index in [1.54, 1.807) is 11.5 Å². The second-order valence-electron chi connectivity index (χ2n) is 2.60. The van der Waals surface area contributed by atoms with Crippen molar-refractivity contribution in [2.24, 2.45) is 5.73 Å².